The Hall–Kier alpha value is -2.09. The molecule has 4 nitrogen and oxygen atoms in total. The minimum Gasteiger partial charge on any atom is -0.349 e. The van der Waals surface area contributed by atoms with Gasteiger partial charge in [-0.05, 0) is 43.2 Å². The first-order chi connectivity index (χ1) is 12.0. The number of aromatic nitrogens is 1. The van der Waals surface area contributed by atoms with Gasteiger partial charge in [0.15, 0.2) is 0 Å². The molecule has 1 N–H and O–H groups in total. The lowest BCUT2D eigenvalue weighted by Crippen LogP contribution is -2.34. The lowest BCUT2D eigenvalue weighted by Gasteiger charge is -2.25. The number of nitrogens with one attached hydrogen (secondary N) is 1. The van der Waals surface area contributed by atoms with E-state index in [-0.39, 0.29) is 17.8 Å². The van der Waals surface area contributed by atoms with Crippen molar-refractivity contribution >= 4 is 28.6 Å². The Morgan fingerprint density at radius 3 is 2.84 bits per heavy atom. The maximum absolute atomic E-state index is 13.5. The van der Waals surface area contributed by atoms with Crippen LogP contribution in [-0.2, 0) is 0 Å². The van der Waals surface area contributed by atoms with Gasteiger partial charge in [-0.25, -0.2) is 9.37 Å². The van der Waals surface area contributed by atoms with Crippen LogP contribution in [0, 0.1) is 5.82 Å². The van der Waals surface area contributed by atoms with E-state index >= 15 is 0 Å². The molecule has 3 aromatic rings. The molecule has 3 rings (SSSR count). The van der Waals surface area contributed by atoms with Crippen LogP contribution in [0.4, 0.5) is 4.39 Å². The van der Waals surface area contributed by atoms with Gasteiger partial charge in [-0.15, -0.1) is 11.3 Å². The maximum atomic E-state index is 13.5. The largest absolute Gasteiger partial charge is 0.349 e. The second-order valence-corrected chi connectivity index (χ2v) is 7.43. The molecule has 25 heavy (non-hydrogen) atoms. The molecule has 0 fully saturated rings. The molecular formula is C18H18FN3OS2. The molecule has 0 aliphatic heterocycles. The van der Waals surface area contributed by atoms with Crippen molar-refractivity contribution in [3.63, 3.8) is 0 Å². The molecule has 0 saturated carbocycles. The van der Waals surface area contributed by atoms with Gasteiger partial charge in [0.2, 0.25) is 0 Å². The Bertz CT molecular complexity index is 846. The zero-order chi connectivity index (χ0) is 17.8. The van der Waals surface area contributed by atoms with Gasteiger partial charge in [0.05, 0.1) is 6.04 Å². The van der Waals surface area contributed by atoms with Crippen molar-refractivity contribution in [2.75, 3.05) is 20.6 Å². The highest BCUT2D eigenvalue weighted by atomic mass is 32.1. The number of likely N-dealkylation sites (N-methyl/N-ethyl adjacent to an activating group) is 1. The van der Waals surface area contributed by atoms with Gasteiger partial charge in [-0.3, -0.25) is 4.79 Å². The number of halogens is 1. The van der Waals surface area contributed by atoms with Crippen molar-refractivity contribution < 1.29 is 9.18 Å². The van der Waals surface area contributed by atoms with Crippen molar-refractivity contribution in [3.8, 4) is 10.6 Å². The minimum atomic E-state index is -0.282. The average Bonchev–Trinajstić information content (AvgIpc) is 3.26. The van der Waals surface area contributed by atoms with Gasteiger partial charge in [0, 0.05) is 22.9 Å². The molecule has 1 aromatic carbocycles. The molecule has 2 heterocycles. The molecule has 2 aromatic heterocycles. The predicted octanol–water partition coefficient (Wildman–Crippen LogP) is 4.04. The smallest absolute Gasteiger partial charge is 0.270 e. The molecule has 1 atom stereocenters. The summed E-state index contributed by atoms with van der Waals surface area (Å²) in [5, 5.41) is 9.48. The van der Waals surface area contributed by atoms with Gasteiger partial charge in [-0.2, -0.15) is 11.3 Å². The Kier molecular flexibility index (Phi) is 5.57. The van der Waals surface area contributed by atoms with Gasteiger partial charge in [-0.1, -0.05) is 12.1 Å². The number of nitrogens with zero attached hydrogens (tertiary/aromatic N) is 2. The molecule has 1 amide bonds. The van der Waals surface area contributed by atoms with E-state index in [2.05, 4.69) is 10.3 Å². The van der Waals surface area contributed by atoms with Gasteiger partial charge in [0.1, 0.15) is 16.5 Å². The summed E-state index contributed by atoms with van der Waals surface area (Å²) in [6.45, 7) is 0.376. The fourth-order valence-corrected chi connectivity index (χ4v) is 4.00. The number of carbonyl (C=O) groups is 1. The lowest BCUT2D eigenvalue weighted by molar-refractivity contribution is 0.0937. The molecule has 130 valence electrons. The fourth-order valence-electron chi connectivity index (χ4n) is 2.49. The molecule has 0 spiro atoms. The molecule has 0 aliphatic rings. The van der Waals surface area contributed by atoms with Crippen LogP contribution in [0.3, 0.4) is 0 Å². The molecule has 7 heteroatoms. The van der Waals surface area contributed by atoms with Crippen molar-refractivity contribution in [3.05, 3.63) is 63.5 Å². The molecule has 0 saturated heterocycles. The summed E-state index contributed by atoms with van der Waals surface area (Å²) in [7, 11) is 3.80. The number of amides is 1. The van der Waals surface area contributed by atoms with Crippen LogP contribution in [0.2, 0.25) is 0 Å². The Labute approximate surface area is 154 Å². The lowest BCUT2D eigenvalue weighted by atomic mass is 10.1. The number of carbonyl (C=O) groups excluding carboxylic acids is 1. The number of thiophene rings is 1. The van der Waals surface area contributed by atoms with E-state index in [1.165, 1.54) is 23.5 Å². The number of hydrogen-bond donors (Lipinski definition) is 1. The van der Waals surface area contributed by atoms with E-state index < -0.39 is 0 Å². The zero-order valence-corrected chi connectivity index (χ0v) is 15.5. The maximum Gasteiger partial charge on any atom is 0.270 e. The summed E-state index contributed by atoms with van der Waals surface area (Å²) >= 11 is 3.05. The van der Waals surface area contributed by atoms with Crippen LogP contribution in [0.15, 0.2) is 46.5 Å². The summed E-state index contributed by atoms with van der Waals surface area (Å²) in [4.78, 5) is 18.7. The summed E-state index contributed by atoms with van der Waals surface area (Å²) in [6.07, 6.45) is 0. The minimum absolute atomic E-state index is 0.116. The van der Waals surface area contributed by atoms with E-state index in [9.17, 15) is 9.18 Å². The first kappa shape index (κ1) is 17.7. The van der Waals surface area contributed by atoms with E-state index in [1.807, 2.05) is 41.9 Å². The van der Waals surface area contributed by atoms with Crippen LogP contribution in [-0.4, -0.2) is 36.4 Å². The van der Waals surface area contributed by atoms with Crippen LogP contribution >= 0.6 is 22.7 Å². The monoisotopic (exact) mass is 375 g/mol. The number of thiazole rings is 1. The van der Waals surface area contributed by atoms with Crippen LogP contribution in [0.5, 0.6) is 0 Å². The second-order valence-electron chi connectivity index (χ2n) is 5.79. The van der Waals surface area contributed by atoms with Crippen molar-refractivity contribution in [2.45, 2.75) is 6.04 Å². The van der Waals surface area contributed by atoms with Crippen molar-refractivity contribution in [1.82, 2.24) is 15.2 Å². The zero-order valence-electron chi connectivity index (χ0n) is 13.9. The highest BCUT2D eigenvalue weighted by molar-refractivity contribution is 7.14. The molecule has 1 unspecified atom stereocenters. The summed E-state index contributed by atoms with van der Waals surface area (Å²) < 4.78 is 13.5. The summed E-state index contributed by atoms with van der Waals surface area (Å²) in [5.74, 6) is -0.503. The topological polar surface area (TPSA) is 45.2 Å². The number of rotatable bonds is 6. The normalized spacial score (nSPS) is 12.3. The third-order valence-electron chi connectivity index (χ3n) is 3.82. The number of hydrogen-bond acceptors (Lipinski definition) is 5. The Morgan fingerprint density at radius 1 is 1.32 bits per heavy atom. The standard InChI is InChI=1S/C18H18FN3OS2/c1-22(2)16(12-4-3-5-14(19)8-12)9-20-17(23)15-11-25-18(21-15)13-6-7-24-10-13/h3-8,10-11,16H,9H2,1-2H3,(H,20,23). The first-order valence-corrected chi connectivity index (χ1v) is 9.55. The van der Waals surface area contributed by atoms with E-state index in [4.69, 9.17) is 0 Å². The molecule has 0 aliphatic carbocycles. The van der Waals surface area contributed by atoms with Crippen LogP contribution in [0.1, 0.15) is 22.1 Å². The highest BCUT2D eigenvalue weighted by Gasteiger charge is 2.18. The quantitative estimate of drug-likeness (QED) is 0.707. The highest BCUT2D eigenvalue weighted by Crippen LogP contribution is 2.25. The summed E-state index contributed by atoms with van der Waals surface area (Å²) in [6, 6.07) is 8.31. The third-order valence-corrected chi connectivity index (χ3v) is 5.39. The van der Waals surface area contributed by atoms with Crippen LogP contribution in [0.25, 0.3) is 10.6 Å². The van der Waals surface area contributed by atoms with Crippen LogP contribution < -0.4 is 5.32 Å². The van der Waals surface area contributed by atoms with E-state index in [0.29, 0.717) is 12.2 Å². The number of benzene rings is 1. The molecule has 0 radical (unpaired) electrons. The van der Waals surface area contributed by atoms with E-state index in [0.717, 1.165) is 16.1 Å². The van der Waals surface area contributed by atoms with Crippen molar-refractivity contribution in [2.24, 2.45) is 0 Å². The SMILES string of the molecule is CN(C)C(CNC(=O)c1csc(-c2ccsc2)n1)c1cccc(F)c1. The van der Waals surface area contributed by atoms with E-state index in [1.54, 1.807) is 22.8 Å². The van der Waals surface area contributed by atoms with Gasteiger partial charge >= 0.3 is 0 Å². The van der Waals surface area contributed by atoms with Crippen molar-refractivity contribution in [1.29, 1.82) is 0 Å². The fraction of sp³-hybridized carbons (Fsp3) is 0.222. The first-order valence-electron chi connectivity index (χ1n) is 7.73. The summed E-state index contributed by atoms with van der Waals surface area (Å²) in [5.41, 5.74) is 2.26. The second kappa shape index (κ2) is 7.86. The third kappa shape index (κ3) is 4.31. The Balaban J connectivity index is 1.68. The molecule has 0 bridgehead atoms. The average molecular weight is 375 g/mol. The van der Waals surface area contributed by atoms with Gasteiger partial charge in [0.25, 0.3) is 5.91 Å². The Morgan fingerprint density at radius 2 is 2.16 bits per heavy atom. The van der Waals surface area contributed by atoms with Gasteiger partial charge < -0.3 is 10.2 Å². The molecular weight excluding hydrogens is 357 g/mol. The predicted molar refractivity (Wildman–Crippen MR) is 101 cm³/mol.